The van der Waals surface area contributed by atoms with Crippen molar-refractivity contribution in [3.05, 3.63) is 66.4 Å². The molecule has 3 aromatic rings. The highest BCUT2D eigenvalue weighted by Gasteiger charge is 2.31. The van der Waals surface area contributed by atoms with Crippen LogP contribution in [-0.2, 0) is 19.9 Å². The number of anilines is 4. The van der Waals surface area contributed by atoms with E-state index in [0.29, 0.717) is 49.7 Å². The predicted octanol–water partition coefficient (Wildman–Crippen LogP) is 3.37. The highest BCUT2D eigenvalue weighted by molar-refractivity contribution is 7.90. The largest absolute Gasteiger partial charge is 0.340 e. The van der Waals surface area contributed by atoms with Crippen molar-refractivity contribution in [2.45, 2.75) is 23.8 Å². The number of likely N-dealkylation sites (tertiary alicyclic amines) is 1. The van der Waals surface area contributed by atoms with Crippen LogP contribution in [0.5, 0.6) is 0 Å². The van der Waals surface area contributed by atoms with E-state index in [1.807, 2.05) is 4.90 Å². The third kappa shape index (κ3) is 7.68. The first-order chi connectivity index (χ1) is 18.4. The van der Waals surface area contributed by atoms with Crippen LogP contribution >= 0.6 is 0 Å². The molecule has 0 spiro atoms. The number of halogens is 2. The summed E-state index contributed by atoms with van der Waals surface area (Å²) in [6, 6.07) is 11.0. The van der Waals surface area contributed by atoms with Crippen molar-refractivity contribution in [1.82, 2.24) is 19.2 Å². The summed E-state index contributed by atoms with van der Waals surface area (Å²) in [5, 5.41) is 5.87. The number of aromatic nitrogens is 2. The second-order valence-electron chi connectivity index (χ2n) is 9.39. The summed E-state index contributed by atoms with van der Waals surface area (Å²) < 4.78 is 77.3. The van der Waals surface area contributed by atoms with Gasteiger partial charge in [0.1, 0.15) is 15.7 Å². The van der Waals surface area contributed by atoms with Gasteiger partial charge >= 0.3 is 0 Å². The third-order valence-electron chi connectivity index (χ3n) is 6.48. The molecule has 4 rings (SSSR count). The average Bonchev–Trinajstić information content (AvgIpc) is 2.89. The van der Waals surface area contributed by atoms with Crippen molar-refractivity contribution < 1.29 is 25.6 Å². The maximum absolute atomic E-state index is 13.5. The van der Waals surface area contributed by atoms with Crippen molar-refractivity contribution in [3.8, 4) is 0 Å². The Kier molecular flexibility index (Phi) is 8.79. The van der Waals surface area contributed by atoms with Crippen molar-refractivity contribution in [2.75, 3.05) is 49.3 Å². The standard InChI is InChI=1S/C25H30F2N6O4S2/c1-32(20-10-13-33(14-11-20)15-16-38(2,34)35)39(36,37)21-6-3-18(4-7-21)30-25-28-12-9-24(31-25)29-19-5-8-22(26)23(27)17-19/h3-9,12,17,20H,10-11,13-16H2,1-2H3,(H2,28,29,30,31). The number of piperidine rings is 1. The van der Waals surface area contributed by atoms with Crippen LogP contribution in [0.4, 0.5) is 31.9 Å². The number of sulfone groups is 1. The van der Waals surface area contributed by atoms with Gasteiger partial charge in [-0.05, 0) is 68.4 Å². The van der Waals surface area contributed by atoms with Gasteiger partial charge in [-0.15, -0.1) is 0 Å². The molecule has 39 heavy (non-hydrogen) atoms. The minimum absolute atomic E-state index is 0.0896. The zero-order chi connectivity index (χ0) is 28.2. The molecule has 0 bridgehead atoms. The van der Waals surface area contributed by atoms with E-state index in [4.69, 9.17) is 0 Å². The Bertz CT molecular complexity index is 1510. The summed E-state index contributed by atoms with van der Waals surface area (Å²) in [4.78, 5) is 10.6. The average molecular weight is 581 g/mol. The van der Waals surface area contributed by atoms with Crippen LogP contribution in [0.15, 0.2) is 59.6 Å². The van der Waals surface area contributed by atoms with Crippen LogP contribution < -0.4 is 10.6 Å². The second kappa shape index (κ2) is 11.9. The van der Waals surface area contributed by atoms with E-state index in [0.717, 1.165) is 12.1 Å². The zero-order valence-electron chi connectivity index (χ0n) is 21.5. The van der Waals surface area contributed by atoms with Gasteiger partial charge in [-0.1, -0.05) is 0 Å². The fraction of sp³-hybridized carbons (Fsp3) is 0.360. The molecule has 0 atom stereocenters. The number of nitrogens with zero attached hydrogens (tertiary/aromatic N) is 4. The molecular weight excluding hydrogens is 550 g/mol. The summed E-state index contributed by atoms with van der Waals surface area (Å²) in [6.07, 6.45) is 3.93. The van der Waals surface area contributed by atoms with Crippen molar-refractivity contribution in [3.63, 3.8) is 0 Å². The molecule has 1 aliphatic rings. The number of rotatable bonds is 10. The first-order valence-corrected chi connectivity index (χ1v) is 15.7. The van der Waals surface area contributed by atoms with Gasteiger partial charge in [0.05, 0.1) is 10.6 Å². The molecule has 1 fully saturated rings. The Morgan fingerprint density at radius 2 is 1.62 bits per heavy atom. The number of hydrogen-bond donors (Lipinski definition) is 2. The maximum atomic E-state index is 13.5. The predicted molar refractivity (Wildman–Crippen MR) is 146 cm³/mol. The molecule has 0 radical (unpaired) electrons. The van der Waals surface area contributed by atoms with Gasteiger partial charge in [0.15, 0.2) is 11.6 Å². The zero-order valence-corrected chi connectivity index (χ0v) is 23.1. The lowest BCUT2D eigenvalue weighted by atomic mass is 10.1. The van der Waals surface area contributed by atoms with Crippen LogP contribution in [-0.4, -0.2) is 80.7 Å². The fourth-order valence-corrected chi connectivity index (χ4v) is 6.22. The SMILES string of the molecule is CN(C1CCN(CCS(C)(=O)=O)CC1)S(=O)(=O)c1ccc(Nc2nccc(Nc3ccc(F)c(F)c3)n2)cc1. The summed E-state index contributed by atoms with van der Waals surface area (Å²) >= 11 is 0. The Labute approximate surface area is 227 Å². The molecule has 10 nitrogen and oxygen atoms in total. The Balaban J connectivity index is 1.36. The molecule has 0 unspecified atom stereocenters. The molecule has 2 N–H and O–H groups in total. The van der Waals surface area contributed by atoms with E-state index in [1.165, 1.54) is 35.0 Å². The molecule has 210 valence electrons. The van der Waals surface area contributed by atoms with Gasteiger partial charge < -0.3 is 15.5 Å². The number of nitrogens with one attached hydrogen (secondary N) is 2. The van der Waals surface area contributed by atoms with Crippen molar-refractivity contribution in [1.29, 1.82) is 0 Å². The first-order valence-electron chi connectivity index (χ1n) is 12.2. The summed E-state index contributed by atoms with van der Waals surface area (Å²) in [5.41, 5.74) is 0.873. The van der Waals surface area contributed by atoms with E-state index < -0.39 is 31.5 Å². The van der Waals surface area contributed by atoms with E-state index in [9.17, 15) is 25.6 Å². The van der Waals surface area contributed by atoms with E-state index >= 15 is 0 Å². The minimum Gasteiger partial charge on any atom is -0.340 e. The van der Waals surface area contributed by atoms with Crippen LogP contribution in [0.2, 0.25) is 0 Å². The summed E-state index contributed by atoms with van der Waals surface area (Å²) in [7, 11) is -5.21. The smallest absolute Gasteiger partial charge is 0.243 e. The Morgan fingerprint density at radius 3 is 2.26 bits per heavy atom. The summed E-state index contributed by atoms with van der Waals surface area (Å²) in [6.45, 7) is 1.71. The van der Waals surface area contributed by atoms with Gasteiger partial charge in [-0.3, -0.25) is 0 Å². The van der Waals surface area contributed by atoms with Crippen LogP contribution in [0.1, 0.15) is 12.8 Å². The molecule has 0 aliphatic carbocycles. The fourth-order valence-electron chi connectivity index (χ4n) is 4.21. The highest BCUT2D eigenvalue weighted by atomic mass is 32.2. The number of hydrogen-bond acceptors (Lipinski definition) is 9. The first kappa shape index (κ1) is 28.8. The molecular formula is C25H30F2N6O4S2. The van der Waals surface area contributed by atoms with Gasteiger partial charge in [-0.25, -0.2) is 30.6 Å². The maximum Gasteiger partial charge on any atom is 0.243 e. The Morgan fingerprint density at radius 1 is 0.949 bits per heavy atom. The van der Waals surface area contributed by atoms with Crippen LogP contribution in [0, 0.1) is 11.6 Å². The van der Waals surface area contributed by atoms with Gasteiger partial charge in [-0.2, -0.15) is 9.29 Å². The van der Waals surface area contributed by atoms with E-state index in [-0.39, 0.29) is 22.6 Å². The Hall–Kier alpha value is -3.20. The van der Waals surface area contributed by atoms with Crippen molar-refractivity contribution in [2.24, 2.45) is 0 Å². The molecule has 1 aliphatic heterocycles. The normalized spacial score (nSPS) is 15.4. The van der Waals surface area contributed by atoms with E-state index in [2.05, 4.69) is 20.6 Å². The third-order valence-corrected chi connectivity index (χ3v) is 9.33. The highest BCUT2D eigenvalue weighted by Crippen LogP contribution is 2.25. The lowest BCUT2D eigenvalue weighted by Gasteiger charge is -2.36. The number of sulfonamides is 1. The molecule has 0 amide bonds. The van der Waals surface area contributed by atoms with Crippen molar-refractivity contribution >= 4 is 43.0 Å². The number of benzene rings is 2. The lowest BCUT2D eigenvalue weighted by Crippen LogP contribution is -2.46. The van der Waals surface area contributed by atoms with E-state index in [1.54, 1.807) is 25.2 Å². The molecule has 1 saturated heterocycles. The molecule has 14 heteroatoms. The molecule has 2 aromatic carbocycles. The quantitative estimate of drug-likeness (QED) is 0.371. The van der Waals surface area contributed by atoms with Gasteiger partial charge in [0.25, 0.3) is 0 Å². The molecule has 1 aromatic heterocycles. The van der Waals surface area contributed by atoms with Crippen LogP contribution in [0.3, 0.4) is 0 Å². The summed E-state index contributed by atoms with van der Waals surface area (Å²) in [5.74, 6) is -1.27. The molecule has 2 heterocycles. The van der Waals surface area contributed by atoms with Crippen LogP contribution in [0.25, 0.3) is 0 Å². The minimum atomic E-state index is -3.74. The molecule has 0 saturated carbocycles. The second-order valence-corrected chi connectivity index (χ2v) is 13.6. The monoisotopic (exact) mass is 580 g/mol. The van der Waals surface area contributed by atoms with Gasteiger partial charge in [0, 0.05) is 49.5 Å². The lowest BCUT2D eigenvalue weighted by molar-refractivity contribution is 0.177. The van der Waals surface area contributed by atoms with Gasteiger partial charge in [0.2, 0.25) is 16.0 Å². The topological polar surface area (TPSA) is 125 Å².